The summed E-state index contributed by atoms with van der Waals surface area (Å²) < 4.78 is 19.6. The SMILES string of the molecule is COc1cccc(CN(C)c2ncc(Br)cc2F)c1. The molecule has 1 heterocycles. The Labute approximate surface area is 120 Å². The Morgan fingerprint density at radius 1 is 1.37 bits per heavy atom. The number of methoxy groups -OCH3 is 1. The van der Waals surface area contributed by atoms with E-state index in [4.69, 9.17) is 4.74 Å². The summed E-state index contributed by atoms with van der Waals surface area (Å²) in [5, 5.41) is 0. The Morgan fingerprint density at radius 2 is 2.16 bits per heavy atom. The van der Waals surface area contributed by atoms with Crippen LogP contribution in [0.2, 0.25) is 0 Å². The molecular formula is C14H14BrFN2O. The fourth-order valence-electron chi connectivity index (χ4n) is 1.81. The van der Waals surface area contributed by atoms with Crippen LogP contribution in [0.25, 0.3) is 0 Å². The molecule has 19 heavy (non-hydrogen) atoms. The molecular weight excluding hydrogens is 311 g/mol. The van der Waals surface area contributed by atoms with Crippen LogP contribution in [0.15, 0.2) is 41.0 Å². The van der Waals surface area contributed by atoms with Gasteiger partial charge in [-0.3, -0.25) is 0 Å². The first-order valence-corrected chi connectivity index (χ1v) is 6.54. The Balaban J connectivity index is 2.17. The van der Waals surface area contributed by atoms with E-state index in [9.17, 15) is 4.39 Å². The molecule has 0 aliphatic rings. The Bertz CT molecular complexity index is 577. The van der Waals surface area contributed by atoms with E-state index in [0.717, 1.165) is 11.3 Å². The number of rotatable bonds is 4. The number of ether oxygens (including phenoxy) is 1. The Kier molecular flexibility index (Phi) is 4.37. The second-order valence-corrected chi connectivity index (χ2v) is 5.08. The van der Waals surface area contributed by atoms with Crippen LogP contribution in [0.5, 0.6) is 5.75 Å². The zero-order valence-electron chi connectivity index (χ0n) is 10.7. The van der Waals surface area contributed by atoms with E-state index < -0.39 is 0 Å². The van der Waals surface area contributed by atoms with E-state index in [-0.39, 0.29) is 5.82 Å². The van der Waals surface area contributed by atoms with E-state index in [1.807, 2.05) is 24.3 Å². The minimum absolute atomic E-state index is 0.325. The van der Waals surface area contributed by atoms with E-state index in [1.165, 1.54) is 6.07 Å². The van der Waals surface area contributed by atoms with Gasteiger partial charge in [-0.05, 0) is 39.7 Å². The third kappa shape index (κ3) is 3.44. The van der Waals surface area contributed by atoms with Crippen molar-refractivity contribution in [1.29, 1.82) is 0 Å². The maximum Gasteiger partial charge on any atom is 0.166 e. The number of hydrogen-bond donors (Lipinski definition) is 0. The van der Waals surface area contributed by atoms with E-state index >= 15 is 0 Å². The molecule has 1 aromatic carbocycles. The van der Waals surface area contributed by atoms with Crippen LogP contribution in [0.4, 0.5) is 10.2 Å². The summed E-state index contributed by atoms with van der Waals surface area (Å²) in [5.74, 6) is 0.765. The number of halogens is 2. The molecule has 0 aliphatic heterocycles. The van der Waals surface area contributed by atoms with Gasteiger partial charge >= 0.3 is 0 Å². The summed E-state index contributed by atoms with van der Waals surface area (Å²) in [6, 6.07) is 9.09. The van der Waals surface area contributed by atoms with Crippen molar-refractivity contribution < 1.29 is 9.13 Å². The molecule has 0 amide bonds. The van der Waals surface area contributed by atoms with Gasteiger partial charge < -0.3 is 9.64 Å². The van der Waals surface area contributed by atoms with Gasteiger partial charge in [0.25, 0.3) is 0 Å². The molecule has 0 spiro atoms. The van der Waals surface area contributed by atoms with Crippen LogP contribution in [0.1, 0.15) is 5.56 Å². The lowest BCUT2D eigenvalue weighted by atomic mass is 10.2. The lowest BCUT2D eigenvalue weighted by Gasteiger charge is -2.19. The third-order valence-electron chi connectivity index (χ3n) is 2.70. The van der Waals surface area contributed by atoms with Crippen molar-refractivity contribution in [1.82, 2.24) is 4.98 Å². The van der Waals surface area contributed by atoms with Crippen LogP contribution in [0.3, 0.4) is 0 Å². The van der Waals surface area contributed by atoms with Crippen molar-refractivity contribution in [2.45, 2.75) is 6.54 Å². The molecule has 0 bridgehead atoms. The molecule has 0 radical (unpaired) electrons. The molecule has 0 fully saturated rings. The first kappa shape index (κ1) is 13.8. The molecule has 0 atom stereocenters. The second-order valence-electron chi connectivity index (χ2n) is 4.17. The third-order valence-corrected chi connectivity index (χ3v) is 3.14. The lowest BCUT2D eigenvalue weighted by molar-refractivity contribution is 0.414. The van der Waals surface area contributed by atoms with Crippen LogP contribution in [-0.4, -0.2) is 19.1 Å². The summed E-state index contributed by atoms with van der Waals surface area (Å²) >= 11 is 3.19. The Morgan fingerprint density at radius 3 is 2.84 bits per heavy atom. The largest absolute Gasteiger partial charge is 0.497 e. The van der Waals surface area contributed by atoms with Crippen molar-refractivity contribution in [3.05, 3.63) is 52.4 Å². The van der Waals surface area contributed by atoms with E-state index in [1.54, 1.807) is 25.3 Å². The van der Waals surface area contributed by atoms with Gasteiger partial charge in [-0.15, -0.1) is 0 Å². The van der Waals surface area contributed by atoms with Crippen molar-refractivity contribution in [2.75, 3.05) is 19.1 Å². The molecule has 5 heteroatoms. The second kappa shape index (κ2) is 6.02. The highest BCUT2D eigenvalue weighted by Gasteiger charge is 2.10. The molecule has 0 saturated carbocycles. The first-order chi connectivity index (χ1) is 9.10. The first-order valence-electron chi connectivity index (χ1n) is 5.75. The van der Waals surface area contributed by atoms with Gasteiger partial charge in [0.15, 0.2) is 11.6 Å². The van der Waals surface area contributed by atoms with Crippen LogP contribution in [0, 0.1) is 5.82 Å². The quantitative estimate of drug-likeness (QED) is 0.858. The number of hydrogen-bond acceptors (Lipinski definition) is 3. The van der Waals surface area contributed by atoms with Crippen molar-refractivity contribution >= 4 is 21.7 Å². The van der Waals surface area contributed by atoms with Crippen LogP contribution in [-0.2, 0) is 6.54 Å². The molecule has 0 unspecified atom stereocenters. The monoisotopic (exact) mass is 324 g/mol. The molecule has 2 aromatic rings. The maximum absolute atomic E-state index is 13.8. The average Bonchev–Trinajstić information content (AvgIpc) is 2.38. The topological polar surface area (TPSA) is 25.4 Å². The fourth-order valence-corrected chi connectivity index (χ4v) is 2.11. The number of benzene rings is 1. The fraction of sp³-hybridized carbons (Fsp3) is 0.214. The molecule has 0 aliphatic carbocycles. The van der Waals surface area contributed by atoms with Crippen molar-refractivity contribution in [3.8, 4) is 5.75 Å². The maximum atomic E-state index is 13.8. The Hall–Kier alpha value is -1.62. The normalized spacial score (nSPS) is 10.3. The molecule has 100 valence electrons. The van der Waals surface area contributed by atoms with Crippen LogP contribution >= 0.6 is 15.9 Å². The zero-order chi connectivity index (χ0) is 13.8. The summed E-state index contributed by atoms with van der Waals surface area (Å²) in [4.78, 5) is 5.85. The van der Waals surface area contributed by atoms with Gasteiger partial charge in [0.2, 0.25) is 0 Å². The summed E-state index contributed by atoms with van der Waals surface area (Å²) in [7, 11) is 3.43. The van der Waals surface area contributed by atoms with Crippen molar-refractivity contribution in [3.63, 3.8) is 0 Å². The zero-order valence-corrected chi connectivity index (χ0v) is 12.3. The highest BCUT2D eigenvalue weighted by molar-refractivity contribution is 9.10. The van der Waals surface area contributed by atoms with Crippen molar-refractivity contribution in [2.24, 2.45) is 0 Å². The minimum Gasteiger partial charge on any atom is -0.497 e. The number of pyridine rings is 1. The average molecular weight is 325 g/mol. The summed E-state index contributed by atoms with van der Waals surface area (Å²) in [5.41, 5.74) is 1.03. The predicted octanol–water partition coefficient (Wildman–Crippen LogP) is 3.63. The minimum atomic E-state index is -0.347. The molecule has 0 N–H and O–H groups in total. The highest BCUT2D eigenvalue weighted by Crippen LogP contribution is 2.21. The number of nitrogens with zero attached hydrogens (tertiary/aromatic N) is 2. The van der Waals surface area contributed by atoms with Gasteiger partial charge in [-0.1, -0.05) is 12.1 Å². The molecule has 1 aromatic heterocycles. The van der Waals surface area contributed by atoms with Crippen LogP contribution < -0.4 is 9.64 Å². The number of aromatic nitrogens is 1. The number of anilines is 1. The van der Waals surface area contributed by atoms with Gasteiger partial charge in [0.05, 0.1) is 7.11 Å². The van der Waals surface area contributed by atoms with Gasteiger partial charge in [-0.25, -0.2) is 9.37 Å². The predicted molar refractivity (Wildman–Crippen MR) is 77.0 cm³/mol. The summed E-state index contributed by atoms with van der Waals surface area (Å²) in [6.45, 7) is 0.558. The molecule has 2 rings (SSSR count). The van der Waals surface area contributed by atoms with Gasteiger partial charge in [-0.2, -0.15) is 0 Å². The van der Waals surface area contributed by atoms with Gasteiger partial charge in [0, 0.05) is 24.3 Å². The molecule has 3 nitrogen and oxygen atoms in total. The smallest absolute Gasteiger partial charge is 0.166 e. The highest BCUT2D eigenvalue weighted by atomic mass is 79.9. The summed E-state index contributed by atoms with van der Waals surface area (Å²) in [6.07, 6.45) is 1.58. The molecule has 0 saturated heterocycles. The standard InChI is InChI=1S/C14H14BrFN2O/c1-18(14-13(16)7-11(15)8-17-14)9-10-4-3-5-12(6-10)19-2/h3-8H,9H2,1-2H3. The van der Waals surface area contributed by atoms with E-state index in [0.29, 0.717) is 16.8 Å². The van der Waals surface area contributed by atoms with Gasteiger partial charge in [0.1, 0.15) is 5.75 Å². The lowest BCUT2D eigenvalue weighted by Crippen LogP contribution is -2.19. The van der Waals surface area contributed by atoms with E-state index in [2.05, 4.69) is 20.9 Å².